The van der Waals surface area contributed by atoms with Crippen molar-refractivity contribution in [3.05, 3.63) is 54.7 Å². The van der Waals surface area contributed by atoms with Crippen molar-refractivity contribution in [3.63, 3.8) is 0 Å². The number of anilines is 1. The van der Waals surface area contributed by atoms with Crippen LogP contribution in [0.5, 0.6) is 11.5 Å². The van der Waals surface area contributed by atoms with Gasteiger partial charge in [-0.15, -0.1) is 0 Å². The Morgan fingerprint density at radius 2 is 2.03 bits per heavy atom. The fourth-order valence-corrected chi connectivity index (χ4v) is 3.93. The Morgan fingerprint density at radius 3 is 2.85 bits per heavy atom. The molecule has 1 saturated heterocycles. The van der Waals surface area contributed by atoms with Crippen molar-refractivity contribution in [2.24, 2.45) is 0 Å². The molecule has 0 saturated carbocycles. The van der Waals surface area contributed by atoms with E-state index in [1.165, 1.54) is 6.92 Å². The second kappa shape index (κ2) is 8.77. The maximum atomic E-state index is 13.3. The first kappa shape index (κ1) is 20.7. The number of hydrogen-bond donors (Lipinski definition) is 1. The SMILES string of the molecule is CC(=O)N1CCN(c2ccnc(-n3ccnc3)n2)C(C(=O)NCc2ccc3c(c2)OCO3)C1. The molecular formula is C22H23N7O4. The van der Waals surface area contributed by atoms with Crippen molar-refractivity contribution in [1.82, 2.24) is 29.7 Å². The zero-order valence-corrected chi connectivity index (χ0v) is 18.0. The Labute approximate surface area is 190 Å². The van der Waals surface area contributed by atoms with E-state index in [1.54, 1.807) is 40.5 Å². The Morgan fingerprint density at radius 1 is 1.15 bits per heavy atom. The highest BCUT2D eigenvalue weighted by atomic mass is 16.7. The van der Waals surface area contributed by atoms with Gasteiger partial charge in [0.15, 0.2) is 11.5 Å². The van der Waals surface area contributed by atoms with E-state index in [0.29, 0.717) is 42.9 Å². The third-order valence-corrected chi connectivity index (χ3v) is 5.69. The number of carbonyl (C=O) groups is 2. The van der Waals surface area contributed by atoms with E-state index in [9.17, 15) is 9.59 Å². The van der Waals surface area contributed by atoms with Gasteiger partial charge in [-0.1, -0.05) is 6.07 Å². The van der Waals surface area contributed by atoms with Crippen molar-refractivity contribution in [1.29, 1.82) is 0 Å². The molecule has 11 nitrogen and oxygen atoms in total. The second-order valence-corrected chi connectivity index (χ2v) is 7.76. The largest absolute Gasteiger partial charge is 0.454 e. The smallest absolute Gasteiger partial charge is 0.244 e. The molecule has 0 bridgehead atoms. The van der Waals surface area contributed by atoms with Gasteiger partial charge < -0.3 is 24.6 Å². The third-order valence-electron chi connectivity index (χ3n) is 5.69. The van der Waals surface area contributed by atoms with Crippen molar-refractivity contribution < 1.29 is 19.1 Å². The molecule has 11 heteroatoms. The van der Waals surface area contributed by atoms with Gasteiger partial charge in [0.05, 0.1) is 6.54 Å². The summed E-state index contributed by atoms with van der Waals surface area (Å²) in [6.07, 6.45) is 6.66. The molecule has 2 aromatic heterocycles. The van der Waals surface area contributed by atoms with Gasteiger partial charge in [-0.3, -0.25) is 14.2 Å². The van der Waals surface area contributed by atoms with Crippen LogP contribution in [0, 0.1) is 0 Å². The number of benzene rings is 1. The number of nitrogens with one attached hydrogen (secondary N) is 1. The average Bonchev–Trinajstić information content (AvgIpc) is 3.54. The van der Waals surface area contributed by atoms with Gasteiger partial charge in [-0.05, 0) is 23.8 Å². The molecule has 5 rings (SSSR count). The lowest BCUT2D eigenvalue weighted by Gasteiger charge is -2.40. The third kappa shape index (κ3) is 4.29. The molecule has 1 unspecified atom stereocenters. The molecule has 1 fully saturated rings. The summed E-state index contributed by atoms with van der Waals surface area (Å²) in [6, 6.07) is 6.73. The summed E-state index contributed by atoms with van der Waals surface area (Å²) < 4.78 is 12.4. The highest BCUT2D eigenvalue weighted by Gasteiger charge is 2.34. The van der Waals surface area contributed by atoms with Crippen molar-refractivity contribution in [2.45, 2.75) is 19.5 Å². The zero-order valence-electron chi connectivity index (χ0n) is 18.0. The van der Waals surface area contributed by atoms with Crippen LogP contribution >= 0.6 is 0 Å². The number of amides is 2. The van der Waals surface area contributed by atoms with Crippen LogP contribution in [0.1, 0.15) is 12.5 Å². The van der Waals surface area contributed by atoms with Gasteiger partial charge in [0.2, 0.25) is 24.6 Å². The van der Waals surface area contributed by atoms with Crippen LogP contribution in [0.25, 0.3) is 5.95 Å². The second-order valence-electron chi connectivity index (χ2n) is 7.76. The molecule has 2 aliphatic rings. The topological polar surface area (TPSA) is 115 Å². The standard InChI is InChI=1S/C22H23N7O4/c1-15(30)27-8-9-29(20-4-5-24-22(26-20)28-7-6-23-13-28)17(12-27)21(31)25-11-16-2-3-18-19(10-16)33-14-32-18/h2-7,10,13,17H,8-9,11-12,14H2,1H3,(H,25,31). The summed E-state index contributed by atoms with van der Waals surface area (Å²) in [4.78, 5) is 41.8. The minimum Gasteiger partial charge on any atom is -0.454 e. The molecule has 1 atom stereocenters. The number of piperazine rings is 1. The highest BCUT2D eigenvalue weighted by Crippen LogP contribution is 2.32. The predicted molar refractivity (Wildman–Crippen MR) is 117 cm³/mol. The lowest BCUT2D eigenvalue weighted by atomic mass is 10.1. The molecule has 3 aromatic rings. The van der Waals surface area contributed by atoms with Gasteiger partial charge in [-0.25, -0.2) is 9.97 Å². The summed E-state index contributed by atoms with van der Waals surface area (Å²) in [5.41, 5.74) is 0.891. The fourth-order valence-electron chi connectivity index (χ4n) is 3.93. The van der Waals surface area contributed by atoms with Gasteiger partial charge >= 0.3 is 0 Å². The first-order valence-electron chi connectivity index (χ1n) is 10.6. The molecule has 2 amide bonds. The van der Waals surface area contributed by atoms with Crippen molar-refractivity contribution in [3.8, 4) is 17.4 Å². The lowest BCUT2D eigenvalue weighted by molar-refractivity contribution is -0.131. The van der Waals surface area contributed by atoms with Crippen LogP contribution in [-0.2, 0) is 16.1 Å². The minimum absolute atomic E-state index is 0.0648. The van der Waals surface area contributed by atoms with E-state index in [4.69, 9.17) is 9.47 Å². The Kier molecular flexibility index (Phi) is 5.51. The molecule has 4 heterocycles. The van der Waals surface area contributed by atoms with Gasteiger partial charge in [0, 0.05) is 45.1 Å². The van der Waals surface area contributed by atoms with Gasteiger partial charge in [0.25, 0.3) is 0 Å². The number of carbonyl (C=O) groups excluding carboxylic acids is 2. The fraction of sp³-hybridized carbons (Fsp3) is 0.318. The van der Waals surface area contributed by atoms with Crippen LogP contribution in [0.15, 0.2) is 49.2 Å². The van der Waals surface area contributed by atoms with Crippen LogP contribution in [0.2, 0.25) is 0 Å². The zero-order chi connectivity index (χ0) is 22.8. The van der Waals surface area contributed by atoms with Gasteiger partial charge in [-0.2, -0.15) is 4.98 Å². The van der Waals surface area contributed by atoms with Crippen molar-refractivity contribution >= 4 is 17.6 Å². The Bertz CT molecular complexity index is 1170. The Hall–Kier alpha value is -4.15. The molecule has 0 aliphatic carbocycles. The van der Waals surface area contributed by atoms with Crippen LogP contribution < -0.4 is 19.7 Å². The number of ether oxygens (including phenoxy) is 2. The van der Waals surface area contributed by atoms with E-state index in [1.807, 2.05) is 23.1 Å². The highest BCUT2D eigenvalue weighted by molar-refractivity contribution is 5.86. The monoisotopic (exact) mass is 449 g/mol. The lowest BCUT2D eigenvalue weighted by Crippen LogP contribution is -2.60. The minimum atomic E-state index is -0.595. The molecular weight excluding hydrogens is 426 g/mol. The molecule has 1 aromatic carbocycles. The predicted octanol–water partition coefficient (Wildman–Crippen LogP) is 0.745. The molecule has 0 spiro atoms. The van der Waals surface area contributed by atoms with E-state index >= 15 is 0 Å². The molecule has 0 radical (unpaired) electrons. The molecule has 1 N–H and O–H groups in total. The van der Waals surface area contributed by atoms with E-state index in [-0.39, 0.29) is 25.2 Å². The molecule has 170 valence electrons. The number of aromatic nitrogens is 4. The maximum Gasteiger partial charge on any atom is 0.244 e. The van der Waals surface area contributed by atoms with E-state index in [2.05, 4.69) is 20.3 Å². The van der Waals surface area contributed by atoms with Crippen LogP contribution in [-0.4, -0.2) is 68.7 Å². The van der Waals surface area contributed by atoms with E-state index < -0.39 is 6.04 Å². The van der Waals surface area contributed by atoms with Crippen LogP contribution in [0.4, 0.5) is 5.82 Å². The molecule has 33 heavy (non-hydrogen) atoms. The number of imidazole rings is 1. The normalized spacial score (nSPS) is 17.2. The summed E-state index contributed by atoms with van der Waals surface area (Å²) in [5, 5.41) is 2.99. The quantitative estimate of drug-likeness (QED) is 0.607. The maximum absolute atomic E-state index is 13.3. The first-order valence-corrected chi connectivity index (χ1v) is 10.6. The summed E-state index contributed by atoms with van der Waals surface area (Å²) >= 11 is 0. The van der Waals surface area contributed by atoms with Gasteiger partial charge in [0.1, 0.15) is 18.2 Å². The summed E-state index contributed by atoms with van der Waals surface area (Å²) in [5.74, 6) is 2.17. The number of nitrogens with zero attached hydrogens (tertiary/aromatic N) is 6. The van der Waals surface area contributed by atoms with Crippen molar-refractivity contribution in [2.75, 3.05) is 31.3 Å². The first-order chi connectivity index (χ1) is 16.1. The number of rotatable bonds is 5. The van der Waals surface area contributed by atoms with Crippen LogP contribution in [0.3, 0.4) is 0 Å². The Balaban J connectivity index is 1.35. The summed E-state index contributed by atoms with van der Waals surface area (Å²) in [7, 11) is 0. The summed E-state index contributed by atoms with van der Waals surface area (Å²) in [6.45, 7) is 3.28. The van der Waals surface area contributed by atoms with E-state index in [0.717, 1.165) is 5.56 Å². The number of fused-ring (bicyclic) bond motifs is 1. The molecule has 2 aliphatic heterocycles. The number of hydrogen-bond acceptors (Lipinski definition) is 8. The average molecular weight is 449 g/mol.